The summed E-state index contributed by atoms with van der Waals surface area (Å²) in [7, 11) is 0. The molecule has 0 aromatic carbocycles. The Bertz CT molecular complexity index is 396. The summed E-state index contributed by atoms with van der Waals surface area (Å²) in [5.41, 5.74) is 6.32. The molecule has 4 nitrogen and oxygen atoms in total. The van der Waals surface area contributed by atoms with Gasteiger partial charge >= 0.3 is 0 Å². The van der Waals surface area contributed by atoms with E-state index < -0.39 is 0 Å². The Labute approximate surface area is 103 Å². The van der Waals surface area contributed by atoms with E-state index in [0.29, 0.717) is 6.42 Å². The van der Waals surface area contributed by atoms with Gasteiger partial charge in [0.1, 0.15) is 5.82 Å². The Balaban J connectivity index is 2.87. The fraction of sp³-hybridized carbons (Fsp3) is 0.538. The number of nitrogens with one attached hydrogen (secondary N) is 1. The molecule has 3 N–H and O–H groups in total. The first-order valence-corrected chi connectivity index (χ1v) is 5.81. The van der Waals surface area contributed by atoms with Gasteiger partial charge in [0.2, 0.25) is 5.91 Å². The van der Waals surface area contributed by atoms with Crippen LogP contribution in [0.5, 0.6) is 0 Å². The van der Waals surface area contributed by atoms with Gasteiger partial charge in [-0.2, -0.15) is 0 Å². The summed E-state index contributed by atoms with van der Waals surface area (Å²) in [6.45, 7) is 8.32. The number of amides is 1. The SMILES string of the molecule is CC(CC(N)=O)Nc1ncccc1C(C)(C)C. The van der Waals surface area contributed by atoms with Crippen molar-refractivity contribution >= 4 is 11.7 Å². The maximum absolute atomic E-state index is 10.8. The molecule has 1 aromatic rings. The number of carbonyl (C=O) groups excluding carboxylic acids is 1. The number of rotatable bonds is 4. The van der Waals surface area contributed by atoms with Gasteiger partial charge in [0.15, 0.2) is 0 Å². The van der Waals surface area contributed by atoms with Crippen molar-refractivity contribution in [2.45, 2.75) is 45.6 Å². The van der Waals surface area contributed by atoms with Crippen molar-refractivity contribution in [3.05, 3.63) is 23.9 Å². The van der Waals surface area contributed by atoms with Crippen LogP contribution in [0.2, 0.25) is 0 Å². The average Bonchev–Trinajstić information content (AvgIpc) is 2.15. The molecule has 0 radical (unpaired) electrons. The molecule has 1 unspecified atom stereocenters. The van der Waals surface area contributed by atoms with E-state index in [9.17, 15) is 4.79 Å². The predicted octanol–water partition coefficient (Wildman–Crippen LogP) is 2.05. The van der Waals surface area contributed by atoms with Gasteiger partial charge in [0, 0.05) is 18.7 Å². The van der Waals surface area contributed by atoms with E-state index in [-0.39, 0.29) is 17.4 Å². The van der Waals surface area contributed by atoms with Crippen LogP contribution in [0.3, 0.4) is 0 Å². The van der Waals surface area contributed by atoms with Crippen LogP contribution in [-0.4, -0.2) is 16.9 Å². The maximum atomic E-state index is 10.8. The summed E-state index contributed by atoms with van der Waals surface area (Å²) in [6, 6.07) is 3.96. The zero-order chi connectivity index (χ0) is 13.1. The molecular formula is C13H21N3O. The highest BCUT2D eigenvalue weighted by Gasteiger charge is 2.19. The Hall–Kier alpha value is -1.58. The van der Waals surface area contributed by atoms with Crippen LogP contribution >= 0.6 is 0 Å². The Morgan fingerprint density at radius 3 is 2.71 bits per heavy atom. The first kappa shape index (κ1) is 13.5. The zero-order valence-electron chi connectivity index (χ0n) is 10.9. The van der Waals surface area contributed by atoms with Crippen LogP contribution in [-0.2, 0) is 10.2 Å². The lowest BCUT2D eigenvalue weighted by molar-refractivity contribution is -0.118. The van der Waals surface area contributed by atoms with Crippen LogP contribution in [0.1, 0.15) is 39.7 Å². The molecule has 0 fully saturated rings. The van der Waals surface area contributed by atoms with E-state index in [1.165, 1.54) is 0 Å². The molecule has 1 amide bonds. The molecule has 0 spiro atoms. The largest absolute Gasteiger partial charge is 0.370 e. The highest BCUT2D eigenvalue weighted by molar-refractivity contribution is 5.74. The molecule has 1 heterocycles. The average molecular weight is 235 g/mol. The van der Waals surface area contributed by atoms with Crippen molar-refractivity contribution in [3.8, 4) is 0 Å². The lowest BCUT2D eigenvalue weighted by Crippen LogP contribution is -2.26. The van der Waals surface area contributed by atoms with Crippen molar-refractivity contribution in [1.29, 1.82) is 0 Å². The Morgan fingerprint density at radius 2 is 2.18 bits per heavy atom. The molecule has 0 aliphatic heterocycles. The fourth-order valence-corrected chi connectivity index (χ4v) is 1.71. The molecule has 1 atom stereocenters. The number of primary amides is 1. The van der Waals surface area contributed by atoms with Gasteiger partial charge in [-0.3, -0.25) is 4.79 Å². The smallest absolute Gasteiger partial charge is 0.219 e. The van der Waals surface area contributed by atoms with E-state index in [2.05, 4.69) is 31.1 Å². The number of pyridine rings is 1. The van der Waals surface area contributed by atoms with E-state index in [1.807, 2.05) is 19.1 Å². The second kappa shape index (κ2) is 5.17. The van der Waals surface area contributed by atoms with E-state index in [4.69, 9.17) is 5.73 Å². The van der Waals surface area contributed by atoms with Gasteiger partial charge < -0.3 is 11.1 Å². The highest BCUT2D eigenvalue weighted by atomic mass is 16.1. The summed E-state index contributed by atoms with van der Waals surface area (Å²) in [6.07, 6.45) is 2.05. The van der Waals surface area contributed by atoms with Gasteiger partial charge in [-0.15, -0.1) is 0 Å². The van der Waals surface area contributed by atoms with Crippen LogP contribution in [0, 0.1) is 0 Å². The van der Waals surface area contributed by atoms with Gasteiger partial charge in [-0.1, -0.05) is 26.8 Å². The molecule has 1 rings (SSSR count). The predicted molar refractivity (Wildman–Crippen MR) is 69.8 cm³/mol. The second-order valence-electron chi connectivity index (χ2n) is 5.37. The summed E-state index contributed by atoms with van der Waals surface area (Å²) < 4.78 is 0. The van der Waals surface area contributed by atoms with E-state index in [0.717, 1.165) is 11.4 Å². The van der Waals surface area contributed by atoms with Crippen LogP contribution in [0.4, 0.5) is 5.82 Å². The summed E-state index contributed by atoms with van der Waals surface area (Å²) in [5, 5.41) is 3.24. The number of carbonyl (C=O) groups is 1. The van der Waals surface area contributed by atoms with Gasteiger partial charge in [-0.05, 0) is 24.0 Å². The number of nitrogens with zero attached hydrogens (tertiary/aromatic N) is 1. The lowest BCUT2D eigenvalue weighted by Gasteiger charge is -2.24. The van der Waals surface area contributed by atoms with E-state index in [1.54, 1.807) is 6.20 Å². The van der Waals surface area contributed by atoms with Crippen LogP contribution < -0.4 is 11.1 Å². The second-order valence-corrected chi connectivity index (χ2v) is 5.37. The van der Waals surface area contributed by atoms with Crippen LogP contribution in [0.25, 0.3) is 0 Å². The third-order valence-electron chi connectivity index (χ3n) is 2.51. The number of hydrogen-bond donors (Lipinski definition) is 2. The van der Waals surface area contributed by atoms with Crippen molar-refractivity contribution in [2.24, 2.45) is 5.73 Å². The molecule has 0 bridgehead atoms. The maximum Gasteiger partial charge on any atom is 0.219 e. The number of anilines is 1. The van der Waals surface area contributed by atoms with Crippen molar-refractivity contribution < 1.29 is 4.79 Å². The minimum absolute atomic E-state index is 0.0106. The van der Waals surface area contributed by atoms with Gasteiger partial charge in [0.05, 0.1) is 0 Å². The molecule has 0 aliphatic carbocycles. The quantitative estimate of drug-likeness (QED) is 0.839. The number of nitrogens with two attached hydrogens (primary N) is 1. The van der Waals surface area contributed by atoms with Gasteiger partial charge in [0.25, 0.3) is 0 Å². The molecule has 0 aliphatic rings. The first-order valence-electron chi connectivity index (χ1n) is 5.81. The Kier molecular flexibility index (Phi) is 4.10. The summed E-state index contributed by atoms with van der Waals surface area (Å²) in [5.74, 6) is 0.520. The number of hydrogen-bond acceptors (Lipinski definition) is 3. The molecular weight excluding hydrogens is 214 g/mol. The Morgan fingerprint density at radius 1 is 1.53 bits per heavy atom. The van der Waals surface area contributed by atoms with E-state index >= 15 is 0 Å². The van der Waals surface area contributed by atoms with Gasteiger partial charge in [-0.25, -0.2) is 4.98 Å². The zero-order valence-corrected chi connectivity index (χ0v) is 10.9. The molecule has 0 saturated heterocycles. The standard InChI is InChI=1S/C13H21N3O/c1-9(8-11(14)17)16-12-10(13(2,3)4)6-5-7-15-12/h5-7,9H,8H2,1-4H3,(H2,14,17)(H,15,16). The topological polar surface area (TPSA) is 68.0 Å². The normalized spacial score (nSPS) is 13.2. The molecule has 1 aromatic heterocycles. The molecule has 4 heteroatoms. The first-order chi connectivity index (χ1) is 7.80. The lowest BCUT2D eigenvalue weighted by atomic mass is 9.87. The summed E-state index contributed by atoms with van der Waals surface area (Å²) in [4.78, 5) is 15.2. The number of aromatic nitrogens is 1. The molecule has 17 heavy (non-hydrogen) atoms. The highest BCUT2D eigenvalue weighted by Crippen LogP contribution is 2.28. The molecule has 94 valence electrons. The van der Waals surface area contributed by atoms with Crippen LogP contribution in [0.15, 0.2) is 18.3 Å². The molecule has 0 saturated carbocycles. The monoisotopic (exact) mass is 235 g/mol. The van der Waals surface area contributed by atoms with Crippen molar-refractivity contribution in [1.82, 2.24) is 4.98 Å². The minimum Gasteiger partial charge on any atom is -0.370 e. The fourth-order valence-electron chi connectivity index (χ4n) is 1.71. The minimum atomic E-state index is -0.307. The summed E-state index contributed by atoms with van der Waals surface area (Å²) >= 11 is 0. The van der Waals surface area contributed by atoms with Crippen molar-refractivity contribution in [2.75, 3.05) is 5.32 Å². The third kappa shape index (κ3) is 4.06. The third-order valence-corrected chi connectivity index (χ3v) is 2.51. The van der Waals surface area contributed by atoms with Crippen molar-refractivity contribution in [3.63, 3.8) is 0 Å².